The second-order valence-corrected chi connectivity index (χ2v) is 2.74. The third-order valence-corrected chi connectivity index (χ3v) is 1.77. The number of rotatable bonds is 2. The highest BCUT2D eigenvalue weighted by Crippen LogP contribution is 2.25. The molecule has 3 nitrogen and oxygen atoms in total. The van der Waals surface area contributed by atoms with Gasteiger partial charge in [-0.1, -0.05) is 0 Å². The Kier molecular flexibility index (Phi) is 2.98. The van der Waals surface area contributed by atoms with Gasteiger partial charge in [-0.15, -0.1) is 0 Å². The van der Waals surface area contributed by atoms with E-state index in [-0.39, 0.29) is 11.0 Å². The number of nitrogens with one attached hydrogen (secondary N) is 1. The van der Waals surface area contributed by atoms with E-state index in [4.69, 9.17) is 11.6 Å². The highest BCUT2D eigenvalue weighted by molar-refractivity contribution is 6.28. The molecule has 0 unspecified atom stereocenters. The number of halogens is 3. The van der Waals surface area contributed by atoms with Crippen LogP contribution in [0.25, 0.3) is 0 Å². The van der Waals surface area contributed by atoms with Gasteiger partial charge >= 0.3 is 0 Å². The zero-order valence-electron chi connectivity index (χ0n) is 7.11. The van der Waals surface area contributed by atoms with Crippen molar-refractivity contribution in [3.8, 4) is 0 Å². The van der Waals surface area contributed by atoms with Gasteiger partial charge in [-0.2, -0.15) is 0 Å². The lowest BCUT2D eigenvalue weighted by Gasteiger charge is -2.08. The molecule has 0 aliphatic carbocycles. The van der Waals surface area contributed by atoms with E-state index >= 15 is 0 Å². The first-order valence-electron chi connectivity index (χ1n) is 3.56. The third kappa shape index (κ3) is 2.03. The van der Waals surface area contributed by atoms with Gasteiger partial charge in [-0.25, -0.2) is 18.7 Å². The van der Waals surface area contributed by atoms with Crippen LogP contribution in [0.1, 0.15) is 17.7 Å². The van der Waals surface area contributed by atoms with E-state index in [1.807, 2.05) is 0 Å². The first-order chi connectivity index (χ1) is 6.06. The van der Waals surface area contributed by atoms with E-state index in [9.17, 15) is 8.78 Å². The summed E-state index contributed by atoms with van der Waals surface area (Å²) in [6, 6.07) is 0. The average molecular weight is 208 g/mol. The van der Waals surface area contributed by atoms with Crippen molar-refractivity contribution in [3.05, 3.63) is 16.5 Å². The maximum absolute atomic E-state index is 12.3. The minimum atomic E-state index is -2.63. The molecule has 0 spiro atoms. The van der Waals surface area contributed by atoms with Crippen LogP contribution in [-0.4, -0.2) is 17.0 Å². The van der Waals surface area contributed by atoms with Crippen molar-refractivity contribution in [1.82, 2.24) is 9.97 Å². The summed E-state index contributed by atoms with van der Waals surface area (Å²) in [4.78, 5) is 7.19. The summed E-state index contributed by atoms with van der Waals surface area (Å²) in [6.07, 6.45) is -2.63. The van der Waals surface area contributed by atoms with Crippen LogP contribution < -0.4 is 5.32 Å². The molecular formula is C7H8ClF2N3. The molecule has 1 aromatic rings. The topological polar surface area (TPSA) is 37.8 Å². The number of hydrogen-bond donors (Lipinski definition) is 1. The molecular weight excluding hydrogens is 200 g/mol. The van der Waals surface area contributed by atoms with Crippen molar-refractivity contribution >= 4 is 17.4 Å². The van der Waals surface area contributed by atoms with Gasteiger partial charge in [0, 0.05) is 12.6 Å². The van der Waals surface area contributed by atoms with Crippen molar-refractivity contribution in [2.75, 3.05) is 12.4 Å². The molecule has 13 heavy (non-hydrogen) atoms. The molecule has 0 atom stereocenters. The Morgan fingerprint density at radius 1 is 1.38 bits per heavy atom. The molecule has 72 valence electrons. The number of aromatic nitrogens is 2. The number of anilines is 1. The zero-order valence-corrected chi connectivity index (χ0v) is 7.86. The summed E-state index contributed by atoms with van der Waals surface area (Å²) >= 11 is 5.45. The average Bonchev–Trinajstić information content (AvgIpc) is 2.08. The van der Waals surface area contributed by atoms with Crippen molar-refractivity contribution < 1.29 is 8.78 Å². The molecule has 0 saturated heterocycles. The fourth-order valence-corrected chi connectivity index (χ4v) is 1.14. The molecule has 0 aliphatic rings. The Balaban J connectivity index is 3.27. The van der Waals surface area contributed by atoms with Gasteiger partial charge in [-0.3, -0.25) is 0 Å². The fourth-order valence-electron chi connectivity index (χ4n) is 0.962. The SMILES string of the molecule is CNc1nc(Cl)nc(C(F)F)c1C. The summed E-state index contributed by atoms with van der Waals surface area (Å²) in [7, 11) is 1.58. The summed E-state index contributed by atoms with van der Waals surface area (Å²) in [5, 5.41) is 2.49. The van der Waals surface area contributed by atoms with Crippen LogP contribution in [0.4, 0.5) is 14.6 Å². The minimum Gasteiger partial charge on any atom is -0.373 e. The summed E-state index contributed by atoms with van der Waals surface area (Å²) in [5.74, 6) is 0.329. The second kappa shape index (κ2) is 3.83. The lowest BCUT2D eigenvalue weighted by atomic mass is 10.2. The van der Waals surface area contributed by atoms with Gasteiger partial charge in [0.25, 0.3) is 6.43 Å². The van der Waals surface area contributed by atoms with Crippen molar-refractivity contribution in [1.29, 1.82) is 0 Å². The number of alkyl halides is 2. The highest BCUT2D eigenvalue weighted by atomic mass is 35.5. The summed E-state index contributed by atoms with van der Waals surface area (Å²) in [5.41, 5.74) is -0.00810. The molecule has 0 bridgehead atoms. The van der Waals surface area contributed by atoms with E-state index in [0.29, 0.717) is 11.4 Å². The van der Waals surface area contributed by atoms with Gasteiger partial charge in [0.05, 0.1) is 0 Å². The van der Waals surface area contributed by atoms with Crippen LogP contribution in [-0.2, 0) is 0 Å². The lowest BCUT2D eigenvalue weighted by Crippen LogP contribution is -2.03. The molecule has 0 amide bonds. The molecule has 1 N–H and O–H groups in total. The predicted molar refractivity (Wildman–Crippen MR) is 46.3 cm³/mol. The van der Waals surface area contributed by atoms with Gasteiger partial charge < -0.3 is 5.32 Å². The van der Waals surface area contributed by atoms with Gasteiger partial charge in [0.1, 0.15) is 11.5 Å². The first-order valence-corrected chi connectivity index (χ1v) is 3.94. The maximum atomic E-state index is 12.3. The Labute approximate surface area is 79.1 Å². The van der Waals surface area contributed by atoms with E-state index < -0.39 is 6.43 Å². The molecule has 0 radical (unpaired) electrons. The predicted octanol–water partition coefficient (Wildman–Crippen LogP) is 2.42. The first kappa shape index (κ1) is 10.1. The van der Waals surface area contributed by atoms with E-state index in [1.165, 1.54) is 6.92 Å². The largest absolute Gasteiger partial charge is 0.373 e. The minimum absolute atomic E-state index is 0.176. The number of hydrogen-bond acceptors (Lipinski definition) is 3. The fraction of sp³-hybridized carbons (Fsp3) is 0.429. The Morgan fingerprint density at radius 2 is 2.00 bits per heavy atom. The van der Waals surface area contributed by atoms with Crippen LogP contribution in [0, 0.1) is 6.92 Å². The van der Waals surface area contributed by atoms with E-state index in [0.717, 1.165) is 0 Å². The Bertz CT molecular complexity index is 317. The van der Waals surface area contributed by atoms with Crippen LogP contribution in [0.5, 0.6) is 0 Å². The molecule has 6 heteroatoms. The third-order valence-electron chi connectivity index (χ3n) is 1.60. The van der Waals surface area contributed by atoms with Crippen molar-refractivity contribution in [2.24, 2.45) is 0 Å². The standard InChI is InChI=1S/C7H8ClF2N3/c1-3-4(5(9)10)12-7(8)13-6(3)11-2/h5H,1-2H3,(H,11,12,13). The molecule has 0 aliphatic heterocycles. The van der Waals surface area contributed by atoms with Crippen molar-refractivity contribution in [3.63, 3.8) is 0 Å². The second-order valence-electron chi connectivity index (χ2n) is 2.40. The van der Waals surface area contributed by atoms with Crippen molar-refractivity contribution in [2.45, 2.75) is 13.3 Å². The molecule has 0 fully saturated rings. The Morgan fingerprint density at radius 3 is 2.46 bits per heavy atom. The van der Waals surface area contributed by atoms with Gasteiger partial charge in [0.2, 0.25) is 5.28 Å². The molecule has 1 heterocycles. The maximum Gasteiger partial charge on any atom is 0.280 e. The summed E-state index contributed by atoms with van der Waals surface area (Å²) in [6.45, 7) is 1.52. The van der Waals surface area contributed by atoms with Crippen LogP contribution >= 0.6 is 11.6 Å². The van der Waals surface area contributed by atoms with Gasteiger partial charge in [0.15, 0.2) is 0 Å². The lowest BCUT2D eigenvalue weighted by molar-refractivity contribution is 0.145. The quantitative estimate of drug-likeness (QED) is 0.757. The monoisotopic (exact) mass is 207 g/mol. The van der Waals surface area contributed by atoms with Crippen LogP contribution in [0.2, 0.25) is 5.28 Å². The molecule has 1 rings (SSSR count). The normalized spacial score (nSPS) is 10.6. The van der Waals surface area contributed by atoms with E-state index in [2.05, 4.69) is 15.3 Å². The zero-order chi connectivity index (χ0) is 10.0. The summed E-state index contributed by atoms with van der Waals surface area (Å²) < 4.78 is 24.7. The van der Waals surface area contributed by atoms with Crippen LogP contribution in [0.3, 0.4) is 0 Å². The molecule has 0 saturated carbocycles. The van der Waals surface area contributed by atoms with E-state index in [1.54, 1.807) is 7.05 Å². The highest BCUT2D eigenvalue weighted by Gasteiger charge is 2.16. The molecule has 0 aromatic carbocycles. The smallest absolute Gasteiger partial charge is 0.280 e. The van der Waals surface area contributed by atoms with Gasteiger partial charge in [-0.05, 0) is 18.5 Å². The van der Waals surface area contributed by atoms with Crippen LogP contribution in [0.15, 0.2) is 0 Å². The molecule has 1 aromatic heterocycles. The Hall–Kier alpha value is -0.970. The number of nitrogens with zero attached hydrogens (tertiary/aromatic N) is 2.